The van der Waals surface area contributed by atoms with E-state index in [0.717, 1.165) is 41.4 Å². The highest BCUT2D eigenvalue weighted by Crippen LogP contribution is 2.40. The summed E-state index contributed by atoms with van der Waals surface area (Å²) >= 11 is 3.40. The van der Waals surface area contributed by atoms with Crippen LogP contribution in [0.25, 0.3) is 0 Å². The minimum Gasteiger partial charge on any atom is -0.440 e. The second-order valence-electron chi connectivity index (χ2n) is 6.58. The summed E-state index contributed by atoms with van der Waals surface area (Å²) in [6.45, 7) is 2.19. The Balaban J connectivity index is 1.76. The number of anilines is 1. The first-order chi connectivity index (χ1) is 12.7. The second kappa shape index (κ2) is 9.04. The lowest BCUT2D eigenvalue weighted by atomic mass is 9.88. The average Bonchev–Trinajstić information content (AvgIpc) is 3.11. The van der Waals surface area contributed by atoms with Crippen LogP contribution in [0.4, 0.5) is 10.5 Å². The number of benzene rings is 2. The van der Waals surface area contributed by atoms with E-state index in [1.165, 1.54) is 5.57 Å². The van der Waals surface area contributed by atoms with E-state index in [2.05, 4.69) is 34.2 Å². The summed E-state index contributed by atoms with van der Waals surface area (Å²) in [5.74, 6) is 0.257. The number of amides is 1. The molecule has 0 unspecified atom stereocenters. The van der Waals surface area contributed by atoms with Crippen LogP contribution in [-0.4, -0.2) is 6.09 Å². The van der Waals surface area contributed by atoms with Gasteiger partial charge in [-0.3, -0.25) is 5.32 Å². The van der Waals surface area contributed by atoms with E-state index in [9.17, 15) is 4.79 Å². The van der Waals surface area contributed by atoms with Crippen molar-refractivity contribution in [2.45, 2.75) is 38.7 Å². The van der Waals surface area contributed by atoms with Gasteiger partial charge in [-0.05, 0) is 49.1 Å². The van der Waals surface area contributed by atoms with E-state index in [4.69, 9.17) is 4.74 Å². The number of halogens is 1. The maximum absolute atomic E-state index is 12.5. The van der Waals surface area contributed by atoms with Gasteiger partial charge in [0, 0.05) is 16.1 Å². The molecule has 2 atom stereocenters. The highest BCUT2D eigenvalue weighted by Gasteiger charge is 2.31. The van der Waals surface area contributed by atoms with Crippen molar-refractivity contribution in [3.63, 3.8) is 0 Å². The van der Waals surface area contributed by atoms with Crippen LogP contribution in [-0.2, 0) is 4.74 Å². The Morgan fingerprint density at radius 3 is 2.62 bits per heavy atom. The molecule has 1 aliphatic rings. The van der Waals surface area contributed by atoms with Crippen molar-refractivity contribution in [1.82, 2.24) is 0 Å². The summed E-state index contributed by atoms with van der Waals surface area (Å²) in [6.07, 6.45) is 5.90. The van der Waals surface area contributed by atoms with Gasteiger partial charge in [-0.15, -0.1) is 0 Å². The number of ether oxygens (including phenoxy) is 1. The van der Waals surface area contributed by atoms with Gasteiger partial charge in [0.15, 0.2) is 0 Å². The molecule has 3 rings (SSSR count). The van der Waals surface area contributed by atoms with Gasteiger partial charge in [0.2, 0.25) is 0 Å². The predicted octanol–water partition coefficient (Wildman–Crippen LogP) is 6.88. The summed E-state index contributed by atoms with van der Waals surface area (Å²) in [4.78, 5) is 12.5. The van der Waals surface area contributed by atoms with Gasteiger partial charge in [-0.1, -0.05) is 71.3 Å². The Morgan fingerprint density at radius 2 is 1.92 bits per heavy atom. The van der Waals surface area contributed by atoms with Crippen LogP contribution < -0.4 is 5.32 Å². The number of rotatable bonds is 6. The minimum absolute atomic E-state index is 0.257. The molecule has 3 nitrogen and oxygen atoms in total. The quantitative estimate of drug-likeness (QED) is 0.524. The molecule has 2 aromatic rings. The molecule has 4 heteroatoms. The molecule has 0 aromatic heterocycles. The molecule has 0 spiro atoms. The summed E-state index contributed by atoms with van der Waals surface area (Å²) in [5.41, 5.74) is 3.19. The van der Waals surface area contributed by atoms with Crippen molar-refractivity contribution in [2.75, 3.05) is 5.32 Å². The molecule has 0 saturated carbocycles. The van der Waals surface area contributed by atoms with Gasteiger partial charge in [0.25, 0.3) is 0 Å². The summed E-state index contributed by atoms with van der Waals surface area (Å²) in [5, 5.41) is 2.84. The smallest absolute Gasteiger partial charge is 0.412 e. The lowest BCUT2D eigenvalue weighted by molar-refractivity contribution is 0.0811. The molecule has 136 valence electrons. The fourth-order valence-corrected chi connectivity index (χ4v) is 3.79. The van der Waals surface area contributed by atoms with Crippen LogP contribution in [0.5, 0.6) is 0 Å². The van der Waals surface area contributed by atoms with Gasteiger partial charge >= 0.3 is 6.09 Å². The molecule has 0 saturated heterocycles. The first-order valence-corrected chi connectivity index (χ1v) is 9.93. The molecular formula is C22H24BrNO2. The van der Waals surface area contributed by atoms with Gasteiger partial charge in [0.1, 0.15) is 6.10 Å². The highest BCUT2D eigenvalue weighted by molar-refractivity contribution is 9.10. The van der Waals surface area contributed by atoms with E-state index in [1.807, 2.05) is 54.6 Å². The van der Waals surface area contributed by atoms with Gasteiger partial charge in [-0.25, -0.2) is 4.79 Å². The molecule has 0 radical (unpaired) electrons. The minimum atomic E-state index is -0.413. The zero-order valence-electron chi connectivity index (χ0n) is 15.0. The molecule has 26 heavy (non-hydrogen) atoms. The Morgan fingerprint density at radius 1 is 1.19 bits per heavy atom. The molecular weight excluding hydrogens is 390 g/mol. The number of nitrogens with one attached hydrogen (secondary N) is 1. The number of hydrogen-bond donors (Lipinski definition) is 1. The SMILES string of the molecule is CCCC1=CCC[C@@H]1[C@H](OC(=O)Nc1ccc(Br)cc1)c1ccccc1. The third kappa shape index (κ3) is 4.76. The van der Waals surface area contributed by atoms with E-state index < -0.39 is 6.09 Å². The monoisotopic (exact) mass is 413 g/mol. The van der Waals surface area contributed by atoms with Gasteiger partial charge in [-0.2, -0.15) is 0 Å². The Labute approximate surface area is 163 Å². The van der Waals surface area contributed by atoms with Crippen LogP contribution in [0.15, 0.2) is 70.7 Å². The summed E-state index contributed by atoms with van der Waals surface area (Å²) < 4.78 is 6.90. The van der Waals surface area contributed by atoms with Crippen LogP contribution in [0.3, 0.4) is 0 Å². The van der Waals surface area contributed by atoms with Crippen LogP contribution >= 0.6 is 15.9 Å². The average molecular weight is 414 g/mol. The molecule has 1 N–H and O–H groups in total. The number of carbonyl (C=O) groups is 1. The molecule has 0 fully saturated rings. The molecule has 0 bridgehead atoms. The lowest BCUT2D eigenvalue weighted by Crippen LogP contribution is -2.23. The van der Waals surface area contributed by atoms with Gasteiger partial charge < -0.3 is 4.74 Å². The first-order valence-electron chi connectivity index (χ1n) is 9.14. The van der Waals surface area contributed by atoms with Crippen molar-refractivity contribution in [1.29, 1.82) is 0 Å². The highest BCUT2D eigenvalue weighted by atomic mass is 79.9. The number of hydrogen-bond acceptors (Lipinski definition) is 2. The van der Waals surface area contributed by atoms with Crippen LogP contribution in [0.2, 0.25) is 0 Å². The van der Waals surface area contributed by atoms with Gasteiger partial charge in [0.05, 0.1) is 0 Å². The Hall–Kier alpha value is -2.07. The molecule has 1 amide bonds. The van der Waals surface area contributed by atoms with Crippen molar-refractivity contribution in [3.8, 4) is 0 Å². The summed E-state index contributed by atoms with van der Waals surface area (Å²) in [7, 11) is 0. The maximum atomic E-state index is 12.5. The zero-order chi connectivity index (χ0) is 18.4. The molecule has 2 aromatic carbocycles. The Kier molecular flexibility index (Phi) is 6.51. The molecule has 1 aliphatic carbocycles. The van der Waals surface area contributed by atoms with Crippen molar-refractivity contribution in [3.05, 3.63) is 76.3 Å². The topological polar surface area (TPSA) is 38.3 Å². The number of allylic oxidation sites excluding steroid dienone is 1. The van der Waals surface area contributed by atoms with Crippen molar-refractivity contribution >= 4 is 27.7 Å². The molecule has 0 heterocycles. The van der Waals surface area contributed by atoms with E-state index in [1.54, 1.807) is 0 Å². The van der Waals surface area contributed by atoms with E-state index >= 15 is 0 Å². The zero-order valence-corrected chi connectivity index (χ0v) is 16.5. The van der Waals surface area contributed by atoms with E-state index in [0.29, 0.717) is 0 Å². The maximum Gasteiger partial charge on any atom is 0.412 e. The third-order valence-corrected chi connectivity index (χ3v) is 5.25. The summed E-state index contributed by atoms with van der Waals surface area (Å²) in [6, 6.07) is 17.5. The van der Waals surface area contributed by atoms with Crippen molar-refractivity contribution < 1.29 is 9.53 Å². The predicted molar refractivity (Wildman–Crippen MR) is 109 cm³/mol. The van der Waals surface area contributed by atoms with Crippen molar-refractivity contribution in [2.24, 2.45) is 5.92 Å². The lowest BCUT2D eigenvalue weighted by Gasteiger charge is -2.27. The fourth-order valence-electron chi connectivity index (χ4n) is 3.53. The van der Waals surface area contributed by atoms with Crippen LogP contribution in [0, 0.1) is 5.92 Å². The third-order valence-electron chi connectivity index (χ3n) is 4.72. The normalized spacial score (nSPS) is 17.5. The largest absolute Gasteiger partial charge is 0.440 e. The van der Waals surface area contributed by atoms with Crippen LogP contribution in [0.1, 0.15) is 44.3 Å². The fraction of sp³-hybridized carbons (Fsp3) is 0.318. The first kappa shape index (κ1) is 18.7. The second-order valence-corrected chi connectivity index (χ2v) is 7.50. The molecule has 0 aliphatic heterocycles. The number of carbonyl (C=O) groups excluding carboxylic acids is 1. The standard InChI is InChI=1S/C22H24BrNO2/c1-2-7-16-10-6-11-20(16)21(17-8-4-3-5-9-17)26-22(25)24-19-14-12-18(23)13-15-19/h3-5,8-10,12-15,20-21H,2,6-7,11H2,1H3,(H,24,25)/t20-,21+/m0/s1. The van der Waals surface area contributed by atoms with E-state index in [-0.39, 0.29) is 12.0 Å². The Bertz CT molecular complexity index is 755.